The van der Waals surface area contributed by atoms with Crippen molar-refractivity contribution in [3.8, 4) is 0 Å². The van der Waals surface area contributed by atoms with Gasteiger partial charge in [-0.15, -0.1) is 0 Å². The highest BCUT2D eigenvalue weighted by atomic mass is 16.6. The van der Waals surface area contributed by atoms with E-state index in [0.717, 1.165) is 12.0 Å². The van der Waals surface area contributed by atoms with Crippen LogP contribution in [0.15, 0.2) is 42.5 Å². The van der Waals surface area contributed by atoms with Gasteiger partial charge in [-0.05, 0) is 18.1 Å². The van der Waals surface area contributed by atoms with Crippen LogP contribution in [0.1, 0.15) is 12.0 Å². The van der Waals surface area contributed by atoms with Crippen molar-refractivity contribution >= 4 is 5.97 Å². The van der Waals surface area contributed by atoms with E-state index < -0.39 is 0 Å². The Morgan fingerprint density at radius 3 is 2.88 bits per heavy atom. The Kier molecular flexibility index (Phi) is 2.69. The second kappa shape index (κ2) is 4.34. The molecule has 0 radical (unpaired) electrons. The predicted molar refractivity (Wildman–Crippen MR) is 62.1 cm³/mol. The van der Waals surface area contributed by atoms with Crippen LogP contribution in [0.5, 0.6) is 0 Å². The molecule has 0 amide bonds. The topological polar surface area (TPSA) is 35.5 Å². The highest BCUT2D eigenvalue weighted by Crippen LogP contribution is 2.33. The van der Waals surface area contributed by atoms with E-state index in [2.05, 4.69) is 0 Å². The average Bonchev–Trinajstić information content (AvgIpc) is 2.54. The number of hydrogen-bond donors (Lipinski definition) is 0. The summed E-state index contributed by atoms with van der Waals surface area (Å²) in [6, 6.07) is 9.97. The molecule has 1 saturated heterocycles. The highest BCUT2D eigenvalue weighted by molar-refractivity contribution is 5.77. The van der Waals surface area contributed by atoms with Crippen LogP contribution in [0.3, 0.4) is 0 Å². The van der Waals surface area contributed by atoms with E-state index in [4.69, 9.17) is 9.47 Å². The Bertz CT molecular complexity index is 438. The summed E-state index contributed by atoms with van der Waals surface area (Å²) in [4.78, 5) is 11.5. The van der Waals surface area contributed by atoms with Crippen molar-refractivity contribution in [2.24, 2.45) is 5.92 Å². The lowest BCUT2D eigenvalue weighted by Crippen LogP contribution is -2.31. The number of benzene rings is 1. The maximum absolute atomic E-state index is 11.5. The lowest BCUT2D eigenvalue weighted by molar-refractivity contribution is -0.142. The standard InChI is InChI=1S/C14H14O3/c15-14-11-7-4-8-12(17-14)13(11)16-9-10-5-2-1-3-6-10/h1-6,8,11-13H,7,9H2/t11?,12-,13-/m0/s1. The van der Waals surface area contributed by atoms with E-state index in [-0.39, 0.29) is 24.1 Å². The van der Waals surface area contributed by atoms with Crippen molar-refractivity contribution in [3.05, 3.63) is 48.0 Å². The van der Waals surface area contributed by atoms with Gasteiger partial charge in [0, 0.05) is 0 Å². The summed E-state index contributed by atoms with van der Waals surface area (Å²) in [5.74, 6) is -0.244. The first-order valence-corrected chi connectivity index (χ1v) is 5.87. The third kappa shape index (κ3) is 1.98. The number of allylic oxidation sites excluding steroid dienone is 1. The lowest BCUT2D eigenvalue weighted by atomic mass is 9.92. The molecule has 3 rings (SSSR count). The summed E-state index contributed by atoms with van der Waals surface area (Å²) >= 11 is 0. The summed E-state index contributed by atoms with van der Waals surface area (Å²) in [5.41, 5.74) is 1.12. The predicted octanol–water partition coefficient (Wildman–Crippen LogP) is 2.07. The van der Waals surface area contributed by atoms with Crippen LogP contribution >= 0.6 is 0 Å². The quantitative estimate of drug-likeness (QED) is 0.589. The third-order valence-electron chi connectivity index (χ3n) is 3.28. The van der Waals surface area contributed by atoms with Gasteiger partial charge in [0.05, 0.1) is 12.5 Å². The summed E-state index contributed by atoms with van der Waals surface area (Å²) in [6.45, 7) is 0.531. The number of ether oxygens (including phenoxy) is 2. The Hall–Kier alpha value is -1.61. The summed E-state index contributed by atoms with van der Waals surface area (Å²) in [7, 11) is 0. The van der Waals surface area contributed by atoms with E-state index in [0.29, 0.717) is 6.61 Å². The molecule has 0 spiro atoms. The maximum Gasteiger partial charge on any atom is 0.312 e. The maximum atomic E-state index is 11.5. The number of hydrogen-bond acceptors (Lipinski definition) is 3. The van der Waals surface area contributed by atoms with Crippen molar-refractivity contribution in [3.63, 3.8) is 0 Å². The molecule has 0 saturated carbocycles. The minimum atomic E-state index is -0.190. The molecule has 2 aliphatic rings. The van der Waals surface area contributed by atoms with Crippen LogP contribution in [0, 0.1) is 5.92 Å². The fourth-order valence-corrected chi connectivity index (χ4v) is 2.37. The van der Waals surface area contributed by atoms with E-state index >= 15 is 0 Å². The lowest BCUT2D eigenvalue weighted by Gasteiger charge is -2.22. The monoisotopic (exact) mass is 230 g/mol. The summed E-state index contributed by atoms with van der Waals surface area (Å²) < 4.78 is 11.1. The Labute approximate surface area is 100 Å². The van der Waals surface area contributed by atoms with Crippen molar-refractivity contribution in [1.82, 2.24) is 0 Å². The first-order chi connectivity index (χ1) is 8.34. The van der Waals surface area contributed by atoms with E-state index in [1.807, 2.05) is 42.5 Å². The number of carbonyl (C=O) groups excluding carboxylic acids is 1. The van der Waals surface area contributed by atoms with Crippen LogP contribution in [0.25, 0.3) is 0 Å². The number of esters is 1. The zero-order valence-corrected chi connectivity index (χ0v) is 9.41. The van der Waals surface area contributed by atoms with Gasteiger partial charge in [-0.25, -0.2) is 0 Å². The molecule has 2 bridgehead atoms. The van der Waals surface area contributed by atoms with Crippen LogP contribution in [-0.2, 0) is 20.9 Å². The molecule has 3 nitrogen and oxygen atoms in total. The molecule has 17 heavy (non-hydrogen) atoms. The van der Waals surface area contributed by atoms with Gasteiger partial charge < -0.3 is 9.47 Å². The Morgan fingerprint density at radius 1 is 1.29 bits per heavy atom. The summed E-state index contributed by atoms with van der Waals surface area (Å²) in [5, 5.41) is 0. The van der Waals surface area contributed by atoms with Crippen molar-refractivity contribution in [2.45, 2.75) is 25.2 Å². The molecule has 1 fully saturated rings. The number of carbonyl (C=O) groups is 1. The van der Waals surface area contributed by atoms with Gasteiger partial charge in [-0.3, -0.25) is 4.79 Å². The minimum Gasteiger partial charge on any atom is -0.455 e. The van der Waals surface area contributed by atoms with Gasteiger partial charge in [-0.2, -0.15) is 0 Å². The molecule has 0 aromatic heterocycles. The molecule has 1 aromatic rings. The molecule has 1 aromatic carbocycles. The SMILES string of the molecule is O=C1O[C@H]2C=CCC1[C@@H]2OCc1ccccc1. The average molecular weight is 230 g/mol. The van der Waals surface area contributed by atoms with E-state index in [1.165, 1.54) is 0 Å². The summed E-state index contributed by atoms with van der Waals surface area (Å²) in [6.07, 6.45) is 4.35. The fraction of sp³-hybridized carbons (Fsp3) is 0.357. The van der Waals surface area contributed by atoms with Crippen LogP contribution in [-0.4, -0.2) is 18.2 Å². The second-order valence-corrected chi connectivity index (χ2v) is 4.43. The molecule has 3 heteroatoms. The Morgan fingerprint density at radius 2 is 2.12 bits per heavy atom. The fourth-order valence-electron chi connectivity index (χ4n) is 2.37. The normalized spacial score (nSPS) is 30.4. The van der Waals surface area contributed by atoms with Gasteiger partial charge >= 0.3 is 5.97 Å². The van der Waals surface area contributed by atoms with Crippen LogP contribution < -0.4 is 0 Å². The molecule has 0 N–H and O–H groups in total. The first-order valence-electron chi connectivity index (χ1n) is 5.87. The zero-order valence-electron chi connectivity index (χ0n) is 9.41. The van der Waals surface area contributed by atoms with Gasteiger partial charge in [0.25, 0.3) is 0 Å². The van der Waals surface area contributed by atoms with Gasteiger partial charge in [0.15, 0.2) is 0 Å². The van der Waals surface area contributed by atoms with Crippen molar-refractivity contribution < 1.29 is 14.3 Å². The Balaban J connectivity index is 1.67. The largest absolute Gasteiger partial charge is 0.455 e. The van der Waals surface area contributed by atoms with Gasteiger partial charge in [0.1, 0.15) is 12.2 Å². The van der Waals surface area contributed by atoms with Crippen LogP contribution in [0.4, 0.5) is 0 Å². The highest BCUT2D eigenvalue weighted by Gasteiger charge is 2.45. The van der Waals surface area contributed by atoms with Crippen molar-refractivity contribution in [2.75, 3.05) is 0 Å². The van der Waals surface area contributed by atoms with Gasteiger partial charge in [0.2, 0.25) is 0 Å². The number of rotatable bonds is 3. The van der Waals surface area contributed by atoms with Crippen LogP contribution in [0.2, 0.25) is 0 Å². The molecule has 1 aliphatic heterocycles. The third-order valence-corrected chi connectivity index (χ3v) is 3.28. The zero-order chi connectivity index (χ0) is 11.7. The second-order valence-electron chi connectivity index (χ2n) is 4.43. The van der Waals surface area contributed by atoms with Gasteiger partial charge in [-0.1, -0.05) is 36.4 Å². The van der Waals surface area contributed by atoms with E-state index in [1.54, 1.807) is 0 Å². The van der Waals surface area contributed by atoms with Crippen molar-refractivity contribution in [1.29, 1.82) is 0 Å². The minimum absolute atomic E-state index is 0.117. The molecule has 88 valence electrons. The molecule has 1 unspecified atom stereocenters. The number of fused-ring (bicyclic) bond motifs is 2. The molecule has 1 aliphatic carbocycles. The molecular formula is C14H14O3. The first kappa shape index (κ1) is 10.5. The molecular weight excluding hydrogens is 216 g/mol. The van der Waals surface area contributed by atoms with E-state index in [9.17, 15) is 4.79 Å². The smallest absolute Gasteiger partial charge is 0.312 e. The molecule has 3 atom stereocenters. The molecule has 1 heterocycles.